The Kier molecular flexibility index (Phi) is 6.10. The SMILES string of the molecule is CCC(N)C(OCC1CCCCO1)c1ccc(Cl)s1. The first-order chi connectivity index (χ1) is 9.20. The molecule has 108 valence electrons. The van der Waals surface area contributed by atoms with Crippen LogP contribution in [0.25, 0.3) is 0 Å². The van der Waals surface area contributed by atoms with Crippen molar-refractivity contribution >= 4 is 22.9 Å². The summed E-state index contributed by atoms with van der Waals surface area (Å²) in [7, 11) is 0. The van der Waals surface area contributed by atoms with Crippen molar-refractivity contribution in [2.24, 2.45) is 5.73 Å². The second kappa shape index (κ2) is 7.60. The van der Waals surface area contributed by atoms with Gasteiger partial charge in [-0.15, -0.1) is 11.3 Å². The molecule has 0 aliphatic carbocycles. The van der Waals surface area contributed by atoms with Crippen LogP contribution in [0.5, 0.6) is 0 Å². The van der Waals surface area contributed by atoms with Gasteiger partial charge in [-0.2, -0.15) is 0 Å². The molecule has 2 N–H and O–H groups in total. The summed E-state index contributed by atoms with van der Waals surface area (Å²) < 4.78 is 12.5. The summed E-state index contributed by atoms with van der Waals surface area (Å²) in [4.78, 5) is 1.11. The van der Waals surface area contributed by atoms with Gasteiger partial charge in [0, 0.05) is 17.5 Å². The van der Waals surface area contributed by atoms with Gasteiger partial charge < -0.3 is 15.2 Å². The minimum atomic E-state index is -0.0759. The van der Waals surface area contributed by atoms with Gasteiger partial charge in [-0.3, -0.25) is 0 Å². The van der Waals surface area contributed by atoms with Crippen LogP contribution in [0.4, 0.5) is 0 Å². The number of ether oxygens (including phenoxy) is 2. The standard InChI is InChI=1S/C14H22ClNO2S/c1-2-11(16)14(12-6-7-13(15)19-12)18-9-10-5-3-4-8-17-10/h6-7,10-11,14H,2-5,8-9,16H2,1H3. The van der Waals surface area contributed by atoms with Gasteiger partial charge in [0.2, 0.25) is 0 Å². The number of halogens is 1. The lowest BCUT2D eigenvalue weighted by Crippen LogP contribution is -2.32. The number of thiophene rings is 1. The normalized spacial score (nSPS) is 23.2. The lowest BCUT2D eigenvalue weighted by molar-refractivity contribution is -0.0686. The van der Waals surface area contributed by atoms with Crippen LogP contribution in [0, 0.1) is 0 Å². The van der Waals surface area contributed by atoms with Gasteiger partial charge in [0.05, 0.1) is 17.0 Å². The van der Waals surface area contributed by atoms with Crippen molar-refractivity contribution < 1.29 is 9.47 Å². The van der Waals surface area contributed by atoms with Crippen LogP contribution in [0.15, 0.2) is 12.1 Å². The van der Waals surface area contributed by atoms with E-state index in [4.69, 9.17) is 26.8 Å². The number of hydrogen-bond acceptors (Lipinski definition) is 4. The van der Waals surface area contributed by atoms with E-state index >= 15 is 0 Å². The van der Waals surface area contributed by atoms with E-state index in [0.29, 0.717) is 6.61 Å². The maximum atomic E-state index is 6.17. The molecule has 3 nitrogen and oxygen atoms in total. The Hall–Kier alpha value is -0.130. The Labute approximate surface area is 124 Å². The lowest BCUT2D eigenvalue weighted by atomic mass is 10.1. The molecule has 3 unspecified atom stereocenters. The monoisotopic (exact) mass is 303 g/mol. The zero-order chi connectivity index (χ0) is 13.7. The van der Waals surface area contributed by atoms with Gasteiger partial charge in [0.15, 0.2) is 0 Å². The van der Waals surface area contributed by atoms with Crippen molar-refractivity contribution in [3.63, 3.8) is 0 Å². The highest BCUT2D eigenvalue weighted by molar-refractivity contribution is 7.16. The van der Waals surface area contributed by atoms with Crippen LogP contribution in [0.2, 0.25) is 4.34 Å². The van der Waals surface area contributed by atoms with E-state index in [2.05, 4.69) is 6.92 Å². The second-order valence-electron chi connectivity index (χ2n) is 4.96. The molecule has 1 aromatic heterocycles. The predicted octanol–water partition coefficient (Wildman–Crippen LogP) is 3.77. The third-order valence-electron chi connectivity index (χ3n) is 3.47. The summed E-state index contributed by atoms with van der Waals surface area (Å²) >= 11 is 7.54. The average Bonchev–Trinajstić information content (AvgIpc) is 2.86. The van der Waals surface area contributed by atoms with Crippen molar-refractivity contribution in [1.82, 2.24) is 0 Å². The molecule has 0 spiro atoms. The minimum absolute atomic E-state index is 0.00157. The summed E-state index contributed by atoms with van der Waals surface area (Å²) in [6.07, 6.45) is 4.49. The quantitative estimate of drug-likeness (QED) is 0.870. The zero-order valence-corrected chi connectivity index (χ0v) is 12.9. The summed E-state index contributed by atoms with van der Waals surface area (Å²) in [5.74, 6) is 0. The molecule has 0 amide bonds. The van der Waals surface area contributed by atoms with Gasteiger partial charge in [-0.1, -0.05) is 18.5 Å². The molecule has 5 heteroatoms. The van der Waals surface area contributed by atoms with Crippen molar-refractivity contribution in [3.05, 3.63) is 21.3 Å². The van der Waals surface area contributed by atoms with Crippen LogP contribution in [0.3, 0.4) is 0 Å². The molecule has 3 atom stereocenters. The Morgan fingerprint density at radius 3 is 2.95 bits per heavy atom. The first-order valence-corrected chi connectivity index (χ1v) is 8.14. The van der Waals surface area contributed by atoms with Crippen molar-refractivity contribution in [2.75, 3.05) is 13.2 Å². The molecule has 1 fully saturated rings. The smallest absolute Gasteiger partial charge is 0.107 e. The predicted molar refractivity (Wildman–Crippen MR) is 79.9 cm³/mol. The van der Waals surface area contributed by atoms with Crippen LogP contribution < -0.4 is 5.73 Å². The average molecular weight is 304 g/mol. The van der Waals surface area contributed by atoms with E-state index < -0.39 is 0 Å². The fourth-order valence-electron chi connectivity index (χ4n) is 2.26. The lowest BCUT2D eigenvalue weighted by Gasteiger charge is -2.27. The fourth-order valence-corrected chi connectivity index (χ4v) is 3.45. The Balaban J connectivity index is 1.93. The minimum Gasteiger partial charge on any atom is -0.376 e. The maximum absolute atomic E-state index is 6.17. The van der Waals surface area contributed by atoms with Crippen LogP contribution in [-0.2, 0) is 9.47 Å². The summed E-state index contributed by atoms with van der Waals surface area (Å²) in [6.45, 7) is 3.55. The highest BCUT2D eigenvalue weighted by atomic mass is 35.5. The number of rotatable bonds is 6. The highest BCUT2D eigenvalue weighted by Gasteiger charge is 2.23. The van der Waals surface area contributed by atoms with Crippen LogP contribution >= 0.6 is 22.9 Å². The van der Waals surface area contributed by atoms with Gasteiger partial charge >= 0.3 is 0 Å². The molecule has 19 heavy (non-hydrogen) atoms. The van der Waals surface area contributed by atoms with Gasteiger partial charge in [0.25, 0.3) is 0 Å². The Bertz CT molecular complexity index is 379. The summed E-state index contributed by atoms with van der Waals surface area (Å²) in [5.41, 5.74) is 6.17. The van der Waals surface area contributed by atoms with E-state index in [9.17, 15) is 0 Å². The summed E-state index contributed by atoms with van der Waals surface area (Å²) in [6, 6.07) is 3.91. The number of nitrogens with two attached hydrogens (primary N) is 1. The molecule has 0 aromatic carbocycles. The zero-order valence-electron chi connectivity index (χ0n) is 11.3. The van der Waals surface area contributed by atoms with Gasteiger partial charge in [0.1, 0.15) is 6.10 Å². The molecule has 0 radical (unpaired) electrons. The first kappa shape index (κ1) is 15.3. The molecule has 0 bridgehead atoms. The Morgan fingerprint density at radius 2 is 2.37 bits per heavy atom. The van der Waals surface area contributed by atoms with E-state index in [1.807, 2.05) is 12.1 Å². The first-order valence-electron chi connectivity index (χ1n) is 6.94. The van der Waals surface area contributed by atoms with E-state index in [1.165, 1.54) is 6.42 Å². The molecule has 1 aromatic rings. The molecular weight excluding hydrogens is 282 g/mol. The third-order valence-corrected chi connectivity index (χ3v) is 4.76. The topological polar surface area (TPSA) is 44.5 Å². The van der Waals surface area contributed by atoms with Crippen molar-refractivity contribution in [3.8, 4) is 0 Å². The highest BCUT2D eigenvalue weighted by Crippen LogP contribution is 2.32. The molecular formula is C14H22ClNO2S. The van der Waals surface area contributed by atoms with E-state index in [1.54, 1.807) is 11.3 Å². The van der Waals surface area contributed by atoms with Crippen LogP contribution in [0.1, 0.15) is 43.6 Å². The third kappa shape index (κ3) is 4.43. The van der Waals surface area contributed by atoms with Crippen LogP contribution in [-0.4, -0.2) is 25.4 Å². The molecule has 1 aliphatic heterocycles. The molecule has 1 aliphatic rings. The fraction of sp³-hybridized carbons (Fsp3) is 0.714. The van der Waals surface area contributed by atoms with E-state index in [-0.39, 0.29) is 18.2 Å². The largest absolute Gasteiger partial charge is 0.376 e. The molecule has 2 heterocycles. The van der Waals surface area contributed by atoms with Gasteiger partial charge in [-0.05, 0) is 37.8 Å². The molecule has 0 saturated carbocycles. The molecule has 1 saturated heterocycles. The number of hydrogen-bond donors (Lipinski definition) is 1. The summed E-state index contributed by atoms with van der Waals surface area (Å²) in [5, 5.41) is 0. The van der Waals surface area contributed by atoms with Gasteiger partial charge in [-0.25, -0.2) is 0 Å². The maximum Gasteiger partial charge on any atom is 0.107 e. The van der Waals surface area contributed by atoms with Crippen molar-refractivity contribution in [1.29, 1.82) is 0 Å². The van der Waals surface area contributed by atoms with Crippen molar-refractivity contribution in [2.45, 2.75) is 50.9 Å². The second-order valence-corrected chi connectivity index (χ2v) is 6.70. The van der Waals surface area contributed by atoms with E-state index in [0.717, 1.165) is 35.1 Å². The Morgan fingerprint density at radius 1 is 1.53 bits per heavy atom. The molecule has 2 rings (SSSR count).